The molecule has 2 saturated heterocycles. The first kappa shape index (κ1) is 14.3. The summed E-state index contributed by atoms with van der Waals surface area (Å²) in [5, 5.41) is 10.3. The summed E-state index contributed by atoms with van der Waals surface area (Å²) in [7, 11) is 0. The van der Waals surface area contributed by atoms with E-state index in [4.69, 9.17) is 0 Å². The smallest absolute Gasteiger partial charge is 0.315 e. The number of thiophene rings is 1. The van der Waals surface area contributed by atoms with Gasteiger partial charge in [-0.15, -0.1) is 11.3 Å². The van der Waals surface area contributed by atoms with Crippen LogP contribution in [0.5, 0.6) is 0 Å². The van der Waals surface area contributed by atoms with Crippen molar-refractivity contribution in [1.29, 1.82) is 0 Å². The number of carbonyl (C=O) groups is 2. The molecule has 3 rings (SSSR count). The molecule has 114 valence electrons. The molecule has 21 heavy (non-hydrogen) atoms. The second kappa shape index (κ2) is 6.44. The Bertz CT molecular complexity index is 499. The number of nitrogens with zero attached hydrogens (tertiary/aromatic N) is 1. The molecular formula is C14H20N4O2S. The van der Waals surface area contributed by atoms with Crippen LogP contribution < -0.4 is 16.0 Å². The van der Waals surface area contributed by atoms with Crippen LogP contribution in [0.1, 0.15) is 23.8 Å². The highest BCUT2D eigenvalue weighted by molar-refractivity contribution is 7.10. The van der Waals surface area contributed by atoms with E-state index in [2.05, 4.69) is 32.3 Å². The number of rotatable bonds is 5. The van der Waals surface area contributed by atoms with Crippen molar-refractivity contribution in [2.24, 2.45) is 0 Å². The fourth-order valence-corrected chi connectivity index (χ4v) is 3.74. The van der Waals surface area contributed by atoms with Crippen LogP contribution >= 0.6 is 11.3 Å². The van der Waals surface area contributed by atoms with Crippen molar-refractivity contribution in [3.63, 3.8) is 0 Å². The Labute approximate surface area is 127 Å². The predicted octanol–water partition coefficient (Wildman–Crippen LogP) is 0.683. The topological polar surface area (TPSA) is 73.5 Å². The van der Waals surface area contributed by atoms with Crippen LogP contribution in [0, 0.1) is 0 Å². The van der Waals surface area contributed by atoms with Crippen molar-refractivity contribution in [3.8, 4) is 0 Å². The Morgan fingerprint density at radius 2 is 2.29 bits per heavy atom. The summed E-state index contributed by atoms with van der Waals surface area (Å²) in [5.74, 6) is -0.117. The first-order valence-corrected chi connectivity index (χ1v) is 8.21. The van der Waals surface area contributed by atoms with E-state index in [1.165, 1.54) is 17.7 Å². The zero-order valence-electron chi connectivity index (χ0n) is 11.8. The molecular weight excluding hydrogens is 288 g/mol. The van der Waals surface area contributed by atoms with Crippen molar-refractivity contribution in [2.75, 3.05) is 26.2 Å². The summed E-state index contributed by atoms with van der Waals surface area (Å²) in [4.78, 5) is 26.9. The molecule has 0 radical (unpaired) electrons. The van der Waals surface area contributed by atoms with Crippen LogP contribution in [0.4, 0.5) is 4.79 Å². The van der Waals surface area contributed by atoms with Crippen molar-refractivity contribution in [3.05, 3.63) is 22.4 Å². The second-order valence-corrected chi connectivity index (χ2v) is 6.41. The van der Waals surface area contributed by atoms with Crippen molar-refractivity contribution in [1.82, 2.24) is 20.9 Å². The normalized spacial score (nSPS) is 23.6. The molecule has 3 N–H and O–H groups in total. The van der Waals surface area contributed by atoms with Crippen LogP contribution in [0.3, 0.4) is 0 Å². The van der Waals surface area contributed by atoms with Gasteiger partial charge in [0.2, 0.25) is 5.91 Å². The molecule has 0 aromatic carbocycles. The summed E-state index contributed by atoms with van der Waals surface area (Å²) < 4.78 is 0. The van der Waals surface area contributed by atoms with Gasteiger partial charge in [0.05, 0.1) is 6.04 Å². The Balaban J connectivity index is 1.59. The van der Waals surface area contributed by atoms with Crippen molar-refractivity contribution in [2.45, 2.75) is 24.9 Å². The monoisotopic (exact) mass is 308 g/mol. The Morgan fingerprint density at radius 1 is 1.48 bits per heavy atom. The fourth-order valence-electron chi connectivity index (χ4n) is 2.88. The minimum atomic E-state index is -0.458. The van der Waals surface area contributed by atoms with Gasteiger partial charge in [0.25, 0.3) is 0 Å². The highest BCUT2D eigenvalue weighted by atomic mass is 32.1. The van der Waals surface area contributed by atoms with Gasteiger partial charge < -0.3 is 16.0 Å². The molecule has 3 amide bonds. The Kier molecular flexibility index (Phi) is 4.40. The molecule has 6 nitrogen and oxygen atoms in total. The number of urea groups is 1. The maximum atomic E-state index is 12.1. The average molecular weight is 308 g/mol. The van der Waals surface area contributed by atoms with Crippen molar-refractivity contribution < 1.29 is 9.59 Å². The zero-order chi connectivity index (χ0) is 14.7. The second-order valence-electron chi connectivity index (χ2n) is 5.43. The van der Waals surface area contributed by atoms with Gasteiger partial charge in [-0.1, -0.05) is 6.07 Å². The maximum absolute atomic E-state index is 12.1. The van der Waals surface area contributed by atoms with E-state index < -0.39 is 6.04 Å². The molecule has 2 fully saturated rings. The number of hydrogen-bond acceptors (Lipinski definition) is 4. The molecule has 0 bridgehead atoms. The van der Waals surface area contributed by atoms with Gasteiger partial charge in [-0.2, -0.15) is 0 Å². The molecule has 2 aliphatic heterocycles. The fraction of sp³-hybridized carbons (Fsp3) is 0.571. The highest BCUT2D eigenvalue weighted by Gasteiger charge is 2.29. The lowest BCUT2D eigenvalue weighted by atomic mass is 10.2. The average Bonchev–Trinajstić information content (AvgIpc) is 3.21. The highest BCUT2D eigenvalue weighted by Crippen LogP contribution is 2.27. The van der Waals surface area contributed by atoms with E-state index in [-0.39, 0.29) is 18.0 Å². The van der Waals surface area contributed by atoms with Crippen LogP contribution in [0.2, 0.25) is 0 Å². The van der Waals surface area contributed by atoms with Crippen LogP contribution in [0.15, 0.2) is 17.5 Å². The third-order valence-corrected chi connectivity index (χ3v) is 4.98. The molecule has 2 aliphatic rings. The number of carbonyl (C=O) groups excluding carboxylic acids is 2. The molecule has 0 aliphatic carbocycles. The lowest BCUT2D eigenvalue weighted by Gasteiger charge is -2.27. The van der Waals surface area contributed by atoms with Gasteiger partial charge >= 0.3 is 6.03 Å². The number of likely N-dealkylation sites (tertiary alicyclic amines) is 1. The molecule has 0 spiro atoms. The number of nitrogens with one attached hydrogen (secondary N) is 3. The first-order valence-electron chi connectivity index (χ1n) is 7.33. The van der Waals surface area contributed by atoms with Gasteiger partial charge in [-0.25, -0.2) is 4.79 Å². The zero-order valence-corrected chi connectivity index (χ0v) is 12.6. The van der Waals surface area contributed by atoms with Gasteiger partial charge in [-0.05, 0) is 37.4 Å². The largest absolute Gasteiger partial charge is 0.352 e. The minimum Gasteiger partial charge on any atom is -0.352 e. The summed E-state index contributed by atoms with van der Waals surface area (Å²) in [6, 6.07) is 3.68. The summed E-state index contributed by atoms with van der Waals surface area (Å²) in [6.45, 7) is 3.12. The van der Waals surface area contributed by atoms with E-state index in [1.807, 2.05) is 6.07 Å². The molecule has 7 heteroatoms. The van der Waals surface area contributed by atoms with E-state index in [0.29, 0.717) is 13.1 Å². The lowest BCUT2D eigenvalue weighted by Crippen LogP contribution is -2.45. The van der Waals surface area contributed by atoms with Gasteiger partial charge in [0, 0.05) is 18.0 Å². The van der Waals surface area contributed by atoms with Gasteiger partial charge in [0.1, 0.15) is 6.04 Å². The van der Waals surface area contributed by atoms with Crippen LogP contribution in [0.25, 0.3) is 0 Å². The molecule has 1 aromatic rings. The summed E-state index contributed by atoms with van der Waals surface area (Å²) in [6.07, 6.45) is 2.44. The standard InChI is InChI=1S/C14H20N4O2S/c19-13(10-8-16-14(20)17-10)15-9-11(12-4-3-7-21-12)18-5-1-2-6-18/h3-4,7,10-11H,1-2,5-6,8-9H2,(H,15,19)(H2,16,17,20)/t10-,11+/m0/s1. The quantitative estimate of drug-likeness (QED) is 0.749. The summed E-state index contributed by atoms with van der Waals surface area (Å²) >= 11 is 1.73. The van der Waals surface area contributed by atoms with Crippen LogP contribution in [-0.2, 0) is 4.79 Å². The summed E-state index contributed by atoms with van der Waals surface area (Å²) in [5.41, 5.74) is 0. The van der Waals surface area contributed by atoms with E-state index in [0.717, 1.165) is 13.1 Å². The molecule has 1 aromatic heterocycles. The maximum Gasteiger partial charge on any atom is 0.315 e. The third-order valence-electron chi connectivity index (χ3n) is 4.01. The molecule has 0 unspecified atom stereocenters. The number of hydrogen-bond donors (Lipinski definition) is 3. The molecule has 3 heterocycles. The number of amides is 3. The minimum absolute atomic E-state index is 0.117. The lowest BCUT2D eigenvalue weighted by molar-refractivity contribution is -0.122. The Morgan fingerprint density at radius 3 is 2.90 bits per heavy atom. The Hall–Kier alpha value is -1.60. The van der Waals surface area contributed by atoms with Crippen LogP contribution in [-0.4, -0.2) is 49.1 Å². The van der Waals surface area contributed by atoms with E-state index in [1.54, 1.807) is 11.3 Å². The van der Waals surface area contributed by atoms with Crippen molar-refractivity contribution >= 4 is 23.3 Å². The molecule has 2 atom stereocenters. The molecule has 0 saturated carbocycles. The SMILES string of the molecule is O=C1NC[C@@H](C(=O)NC[C@H](c2cccs2)N2CCCC2)N1. The van der Waals surface area contributed by atoms with Gasteiger partial charge in [-0.3, -0.25) is 9.69 Å². The van der Waals surface area contributed by atoms with E-state index >= 15 is 0 Å². The van der Waals surface area contributed by atoms with Gasteiger partial charge in [0.15, 0.2) is 0 Å². The predicted molar refractivity (Wildman–Crippen MR) is 81.2 cm³/mol. The first-order chi connectivity index (χ1) is 10.2. The van der Waals surface area contributed by atoms with E-state index in [9.17, 15) is 9.59 Å². The third kappa shape index (κ3) is 3.36.